The third kappa shape index (κ3) is 4.45. The van der Waals surface area contributed by atoms with Crippen molar-refractivity contribution < 1.29 is 22.4 Å². The Hall–Kier alpha value is -3.23. The Morgan fingerprint density at radius 1 is 1.23 bits per heavy atom. The van der Waals surface area contributed by atoms with Crippen molar-refractivity contribution in [3.05, 3.63) is 71.8 Å². The van der Waals surface area contributed by atoms with E-state index in [1.165, 1.54) is 24.4 Å². The van der Waals surface area contributed by atoms with Gasteiger partial charge >= 0.3 is 6.18 Å². The minimum Gasteiger partial charge on any atom is -0.340 e. The number of nitrogens with zero attached hydrogens (tertiary/aromatic N) is 4. The molecule has 2 aromatic heterocycles. The second kappa shape index (κ2) is 8.13. The van der Waals surface area contributed by atoms with Gasteiger partial charge in [-0.25, -0.2) is 9.37 Å². The summed E-state index contributed by atoms with van der Waals surface area (Å²) in [6.07, 6.45) is 3.25. The third-order valence-corrected chi connectivity index (χ3v) is 5.46. The van der Waals surface area contributed by atoms with Crippen molar-refractivity contribution in [2.75, 3.05) is 0 Å². The van der Waals surface area contributed by atoms with Gasteiger partial charge in [0.2, 0.25) is 0 Å². The van der Waals surface area contributed by atoms with Crippen LogP contribution in [0.25, 0.3) is 11.1 Å². The number of amides is 1. The Balaban J connectivity index is 1.65. The van der Waals surface area contributed by atoms with Crippen LogP contribution in [-0.2, 0) is 19.8 Å². The van der Waals surface area contributed by atoms with Crippen LogP contribution in [0.2, 0.25) is 0 Å². The Morgan fingerprint density at radius 3 is 2.61 bits per heavy atom. The normalized spacial score (nSPS) is 14.4. The van der Waals surface area contributed by atoms with Crippen molar-refractivity contribution in [3.8, 4) is 11.1 Å². The lowest BCUT2D eigenvalue weighted by molar-refractivity contribution is -0.137. The highest BCUT2D eigenvalue weighted by Gasteiger charge is 2.32. The molecule has 0 unspecified atom stereocenters. The van der Waals surface area contributed by atoms with Gasteiger partial charge in [0.1, 0.15) is 11.5 Å². The Morgan fingerprint density at radius 2 is 2.00 bits per heavy atom. The van der Waals surface area contributed by atoms with E-state index < -0.39 is 17.6 Å². The number of pyridine rings is 1. The third-order valence-electron chi connectivity index (χ3n) is 5.46. The van der Waals surface area contributed by atoms with Gasteiger partial charge in [-0.3, -0.25) is 9.78 Å². The number of aromatic nitrogens is 3. The molecule has 0 spiro atoms. The van der Waals surface area contributed by atoms with Gasteiger partial charge in [0.15, 0.2) is 0 Å². The molecule has 0 atom stereocenters. The number of halogens is 4. The Kier molecular flexibility index (Phi) is 5.51. The van der Waals surface area contributed by atoms with E-state index >= 15 is 0 Å². The minimum atomic E-state index is -4.58. The fraction of sp³-hybridized carbons (Fsp3) is 0.318. The lowest BCUT2D eigenvalue weighted by atomic mass is 9.90. The number of benzene rings is 1. The van der Waals surface area contributed by atoms with E-state index in [-0.39, 0.29) is 29.6 Å². The summed E-state index contributed by atoms with van der Waals surface area (Å²) in [5.74, 6) is -0.881. The van der Waals surface area contributed by atoms with Gasteiger partial charge in [0, 0.05) is 49.4 Å². The number of alkyl halides is 3. The maximum Gasteiger partial charge on any atom is 0.417 e. The molecule has 2 heterocycles. The molecule has 1 fully saturated rings. The summed E-state index contributed by atoms with van der Waals surface area (Å²) in [6, 6.07) is 5.15. The second-order valence-corrected chi connectivity index (χ2v) is 7.72. The largest absolute Gasteiger partial charge is 0.417 e. The predicted octanol–water partition coefficient (Wildman–Crippen LogP) is 4.83. The van der Waals surface area contributed by atoms with Crippen molar-refractivity contribution in [2.24, 2.45) is 7.05 Å². The number of rotatable bonds is 5. The van der Waals surface area contributed by atoms with Crippen molar-refractivity contribution in [1.29, 1.82) is 0 Å². The first-order valence-corrected chi connectivity index (χ1v) is 9.82. The molecule has 31 heavy (non-hydrogen) atoms. The second-order valence-electron chi connectivity index (χ2n) is 7.72. The van der Waals surface area contributed by atoms with E-state index in [4.69, 9.17) is 0 Å². The smallest absolute Gasteiger partial charge is 0.340 e. The molecule has 1 aliphatic carbocycles. The lowest BCUT2D eigenvalue weighted by Gasteiger charge is -2.37. The summed E-state index contributed by atoms with van der Waals surface area (Å²) in [6.45, 7) is 0.208. The summed E-state index contributed by atoms with van der Waals surface area (Å²) in [5.41, 5.74) is 0.0235. The van der Waals surface area contributed by atoms with Crippen LogP contribution in [0.5, 0.6) is 0 Å². The molecule has 1 aliphatic rings. The number of carbonyl (C=O) groups excluding carboxylic acids is 1. The minimum absolute atomic E-state index is 0.00921. The van der Waals surface area contributed by atoms with Gasteiger partial charge in [0.05, 0.1) is 11.9 Å². The molecule has 4 rings (SSSR count). The van der Waals surface area contributed by atoms with E-state index in [9.17, 15) is 22.4 Å². The number of hydrogen-bond acceptors (Lipinski definition) is 3. The van der Waals surface area contributed by atoms with E-state index in [0.29, 0.717) is 17.5 Å². The Bertz CT molecular complexity index is 1100. The van der Waals surface area contributed by atoms with Crippen molar-refractivity contribution in [3.63, 3.8) is 0 Å². The van der Waals surface area contributed by atoms with E-state index in [1.807, 2.05) is 0 Å². The van der Waals surface area contributed by atoms with E-state index in [2.05, 4.69) is 9.97 Å². The highest BCUT2D eigenvalue weighted by Crippen LogP contribution is 2.33. The van der Waals surface area contributed by atoms with Crippen LogP contribution in [0.3, 0.4) is 0 Å². The van der Waals surface area contributed by atoms with Crippen LogP contribution in [0.15, 0.2) is 49.2 Å². The fourth-order valence-electron chi connectivity index (χ4n) is 3.57. The highest BCUT2D eigenvalue weighted by atomic mass is 19.4. The van der Waals surface area contributed by atoms with Gasteiger partial charge in [-0.05, 0) is 43.0 Å². The summed E-state index contributed by atoms with van der Waals surface area (Å²) >= 11 is 0. The van der Waals surface area contributed by atoms with Crippen molar-refractivity contribution >= 4 is 5.91 Å². The fourth-order valence-corrected chi connectivity index (χ4v) is 3.57. The molecule has 1 amide bonds. The van der Waals surface area contributed by atoms with Crippen LogP contribution >= 0.6 is 0 Å². The van der Waals surface area contributed by atoms with Crippen molar-refractivity contribution in [2.45, 2.75) is 38.0 Å². The molecule has 0 bridgehead atoms. The van der Waals surface area contributed by atoms with Gasteiger partial charge in [0.25, 0.3) is 5.91 Å². The zero-order valence-electron chi connectivity index (χ0n) is 16.7. The molecule has 3 aromatic rings. The van der Waals surface area contributed by atoms with Crippen LogP contribution in [0.1, 0.15) is 40.9 Å². The summed E-state index contributed by atoms with van der Waals surface area (Å²) < 4.78 is 55.3. The first-order chi connectivity index (χ1) is 14.7. The molecular weight excluding hydrogens is 412 g/mol. The molecule has 162 valence electrons. The summed E-state index contributed by atoms with van der Waals surface area (Å²) in [4.78, 5) is 22.5. The van der Waals surface area contributed by atoms with Crippen LogP contribution < -0.4 is 0 Å². The van der Waals surface area contributed by atoms with Gasteiger partial charge in [-0.15, -0.1) is 0 Å². The molecule has 0 aliphatic heterocycles. The molecule has 0 radical (unpaired) electrons. The highest BCUT2D eigenvalue weighted by molar-refractivity contribution is 5.92. The maximum atomic E-state index is 14.5. The lowest BCUT2D eigenvalue weighted by Crippen LogP contribution is -2.43. The monoisotopic (exact) mass is 432 g/mol. The molecule has 9 heteroatoms. The quantitative estimate of drug-likeness (QED) is 0.543. The Labute approximate surface area is 176 Å². The van der Waals surface area contributed by atoms with Crippen LogP contribution in [-0.4, -0.2) is 31.4 Å². The first kappa shape index (κ1) is 21.0. The number of carbonyl (C=O) groups is 1. The molecule has 5 nitrogen and oxygen atoms in total. The summed E-state index contributed by atoms with van der Waals surface area (Å²) in [5, 5.41) is 0. The standard InChI is InChI=1S/C22H20F4N4O/c1-29-12-20(28-13-29)21(31)30(17-3-2-4-17)11-14-5-6-19(23)18(7-14)15-8-16(10-27-9-15)22(24,25)26/h5-10,12-13,17H,2-4,11H2,1H3. The van der Waals surface area contributed by atoms with Gasteiger partial charge in [-0.1, -0.05) is 6.07 Å². The topological polar surface area (TPSA) is 51.0 Å². The van der Waals surface area contributed by atoms with Gasteiger partial charge in [-0.2, -0.15) is 13.2 Å². The molecule has 0 saturated heterocycles. The average molecular weight is 432 g/mol. The molecule has 1 saturated carbocycles. The zero-order chi connectivity index (χ0) is 22.2. The van der Waals surface area contributed by atoms with Crippen molar-refractivity contribution in [1.82, 2.24) is 19.4 Å². The SMILES string of the molecule is Cn1cnc(C(=O)N(Cc2ccc(F)c(-c3cncc(C(F)(F)F)c3)c2)C2CCC2)c1. The number of aryl methyl sites for hydroxylation is 1. The average Bonchev–Trinajstić information content (AvgIpc) is 3.12. The molecular formula is C22H20F4N4O. The van der Waals surface area contributed by atoms with E-state index in [1.54, 1.807) is 29.0 Å². The zero-order valence-corrected chi connectivity index (χ0v) is 16.7. The molecule has 0 N–H and O–H groups in total. The van der Waals surface area contributed by atoms with Crippen LogP contribution in [0.4, 0.5) is 17.6 Å². The maximum absolute atomic E-state index is 14.5. The predicted molar refractivity (Wildman–Crippen MR) is 105 cm³/mol. The van der Waals surface area contributed by atoms with E-state index in [0.717, 1.165) is 25.3 Å². The first-order valence-electron chi connectivity index (χ1n) is 9.82. The summed E-state index contributed by atoms with van der Waals surface area (Å²) in [7, 11) is 1.77. The number of hydrogen-bond donors (Lipinski definition) is 0. The molecule has 1 aromatic carbocycles. The van der Waals surface area contributed by atoms with Crippen LogP contribution in [0, 0.1) is 5.82 Å². The number of imidazole rings is 1. The van der Waals surface area contributed by atoms with Gasteiger partial charge < -0.3 is 9.47 Å².